The number of aromatic nitrogens is 3. The van der Waals surface area contributed by atoms with Crippen molar-refractivity contribution in [2.24, 2.45) is 7.05 Å². The van der Waals surface area contributed by atoms with E-state index in [1.54, 1.807) is 35.9 Å². The number of methoxy groups -OCH3 is 1. The van der Waals surface area contributed by atoms with Crippen LogP contribution in [0.2, 0.25) is 0 Å². The maximum atomic E-state index is 13.0. The molecule has 1 aliphatic carbocycles. The Morgan fingerprint density at radius 1 is 1.09 bits per heavy atom. The number of ether oxygens (including phenoxy) is 2. The van der Waals surface area contributed by atoms with Crippen LogP contribution in [0.5, 0.6) is 11.5 Å². The lowest BCUT2D eigenvalue weighted by molar-refractivity contribution is 0.0168. The molecule has 1 aromatic carbocycles. The molecule has 0 spiro atoms. The first-order valence-corrected chi connectivity index (χ1v) is 10.8. The molecule has 8 heteroatoms. The van der Waals surface area contributed by atoms with Crippen LogP contribution >= 0.6 is 0 Å². The maximum absolute atomic E-state index is 13.0. The van der Waals surface area contributed by atoms with Crippen LogP contribution in [0.1, 0.15) is 35.1 Å². The molecule has 2 aromatic heterocycles. The third-order valence-electron chi connectivity index (χ3n) is 6.05. The fourth-order valence-corrected chi connectivity index (χ4v) is 4.17. The van der Waals surface area contributed by atoms with Crippen molar-refractivity contribution in [2.45, 2.75) is 31.9 Å². The molecule has 1 saturated carbocycles. The summed E-state index contributed by atoms with van der Waals surface area (Å²) in [6.45, 7) is 2.89. The van der Waals surface area contributed by atoms with E-state index in [-0.39, 0.29) is 17.6 Å². The van der Waals surface area contributed by atoms with Gasteiger partial charge in [0.1, 0.15) is 23.3 Å². The highest BCUT2D eigenvalue weighted by Crippen LogP contribution is 2.35. The van der Waals surface area contributed by atoms with Gasteiger partial charge in [-0.25, -0.2) is 0 Å². The first kappa shape index (κ1) is 20.4. The fraction of sp³-hybridized carbons (Fsp3) is 0.375. The van der Waals surface area contributed by atoms with Crippen LogP contribution in [0.3, 0.4) is 0 Å². The van der Waals surface area contributed by atoms with E-state index in [2.05, 4.69) is 5.10 Å². The number of amides is 1. The molecule has 8 nitrogen and oxygen atoms in total. The number of hydrogen-bond acceptors (Lipinski definition) is 5. The van der Waals surface area contributed by atoms with Gasteiger partial charge in [0.05, 0.1) is 25.9 Å². The number of hydrogen-bond donors (Lipinski definition) is 0. The zero-order valence-corrected chi connectivity index (χ0v) is 18.4. The molecule has 5 rings (SSSR count). The number of likely N-dealkylation sites (tertiary alicyclic amines) is 1. The highest BCUT2D eigenvalue weighted by molar-refractivity contribution is 5.94. The van der Waals surface area contributed by atoms with Crippen molar-refractivity contribution >= 4 is 5.91 Å². The molecule has 1 saturated heterocycles. The minimum atomic E-state index is -0.124. The topological polar surface area (TPSA) is 78.6 Å². The molecule has 0 unspecified atom stereocenters. The normalized spacial score (nSPS) is 16.0. The molecular formula is C24H26N4O4. The van der Waals surface area contributed by atoms with Gasteiger partial charge in [-0.05, 0) is 44.0 Å². The Kier molecular flexibility index (Phi) is 5.00. The minimum absolute atomic E-state index is 0.0188. The van der Waals surface area contributed by atoms with Crippen LogP contribution in [-0.4, -0.2) is 51.5 Å². The second kappa shape index (κ2) is 7.85. The number of carbonyl (C=O) groups is 1. The van der Waals surface area contributed by atoms with Crippen LogP contribution in [-0.2, 0) is 7.05 Å². The smallest absolute Gasteiger partial charge is 0.272 e. The van der Waals surface area contributed by atoms with Gasteiger partial charge in [-0.15, -0.1) is 0 Å². The number of nitrogens with zero attached hydrogens (tertiary/aromatic N) is 4. The molecular weight excluding hydrogens is 408 g/mol. The third-order valence-corrected chi connectivity index (χ3v) is 6.05. The van der Waals surface area contributed by atoms with E-state index in [0.29, 0.717) is 30.6 Å². The second-order valence-electron chi connectivity index (χ2n) is 8.49. The fourth-order valence-electron chi connectivity index (χ4n) is 4.17. The molecule has 0 bridgehead atoms. The quantitative estimate of drug-likeness (QED) is 0.596. The average molecular weight is 434 g/mol. The van der Waals surface area contributed by atoms with Gasteiger partial charge in [0.2, 0.25) is 0 Å². The van der Waals surface area contributed by atoms with E-state index < -0.39 is 0 Å². The highest BCUT2D eigenvalue weighted by Gasteiger charge is 2.35. The van der Waals surface area contributed by atoms with Gasteiger partial charge in [0.15, 0.2) is 0 Å². The molecule has 2 aliphatic rings. The van der Waals surface area contributed by atoms with Crippen molar-refractivity contribution in [3.05, 3.63) is 64.2 Å². The number of rotatable bonds is 6. The second-order valence-corrected chi connectivity index (χ2v) is 8.49. The Labute approximate surface area is 186 Å². The summed E-state index contributed by atoms with van der Waals surface area (Å²) >= 11 is 0. The summed E-state index contributed by atoms with van der Waals surface area (Å²) in [5, 5.41) is 4.50. The first-order chi connectivity index (χ1) is 15.4. The summed E-state index contributed by atoms with van der Waals surface area (Å²) in [6.07, 6.45) is 2.00. The van der Waals surface area contributed by atoms with Crippen molar-refractivity contribution in [3.8, 4) is 22.8 Å². The van der Waals surface area contributed by atoms with Crippen LogP contribution < -0.4 is 15.0 Å². The molecule has 2 fully saturated rings. The van der Waals surface area contributed by atoms with Crippen molar-refractivity contribution in [3.63, 3.8) is 0 Å². The third kappa shape index (κ3) is 3.77. The van der Waals surface area contributed by atoms with Gasteiger partial charge in [-0.2, -0.15) is 5.10 Å². The standard InChI is InChI=1S/C24H26N4O4/c1-15-9-19(11-23(29)28(15)17-7-8-17)32-20-13-27(14-20)24(30)22-12-21(25-26(22)2)16-5-4-6-18(10-16)31-3/h4-6,9-12,17,20H,7-8,13-14H2,1-3H3. The lowest BCUT2D eigenvalue weighted by Crippen LogP contribution is -2.56. The lowest BCUT2D eigenvalue weighted by Gasteiger charge is -2.38. The summed E-state index contributed by atoms with van der Waals surface area (Å²) in [4.78, 5) is 27.1. The SMILES string of the molecule is COc1cccc(-c2cc(C(=O)N3CC(Oc4cc(C)n(C5CC5)c(=O)c4)C3)n(C)n2)c1. The molecule has 1 aliphatic heterocycles. The molecule has 3 heterocycles. The summed E-state index contributed by atoms with van der Waals surface area (Å²) in [5.41, 5.74) is 3.02. The predicted octanol–water partition coefficient (Wildman–Crippen LogP) is 2.80. The molecule has 1 amide bonds. The summed E-state index contributed by atoms with van der Waals surface area (Å²) in [5.74, 6) is 1.22. The van der Waals surface area contributed by atoms with Gasteiger partial charge in [-0.3, -0.25) is 14.3 Å². The van der Waals surface area contributed by atoms with Crippen LogP contribution in [0.15, 0.2) is 47.3 Å². The van der Waals surface area contributed by atoms with E-state index >= 15 is 0 Å². The van der Waals surface area contributed by atoms with E-state index in [9.17, 15) is 9.59 Å². The first-order valence-electron chi connectivity index (χ1n) is 10.8. The molecule has 0 atom stereocenters. The van der Waals surface area contributed by atoms with Gasteiger partial charge in [-0.1, -0.05) is 12.1 Å². The van der Waals surface area contributed by atoms with E-state index in [4.69, 9.17) is 9.47 Å². The maximum Gasteiger partial charge on any atom is 0.272 e. The van der Waals surface area contributed by atoms with Crippen molar-refractivity contribution in [1.29, 1.82) is 0 Å². The minimum Gasteiger partial charge on any atom is -0.497 e. The Balaban J connectivity index is 1.24. The molecule has 166 valence electrons. The van der Waals surface area contributed by atoms with Crippen molar-refractivity contribution < 1.29 is 14.3 Å². The van der Waals surface area contributed by atoms with Crippen molar-refractivity contribution in [2.75, 3.05) is 20.2 Å². The lowest BCUT2D eigenvalue weighted by atomic mass is 10.1. The van der Waals surface area contributed by atoms with Gasteiger partial charge < -0.3 is 18.9 Å². The molecule has 0 radical (unpaired) electrons. The Morgan fingerprint density at radius 2 is 1.88 bits per heavy atom. The van der Waals surface area contributed by atoms with Gasteiger partial charge in [0, 0.05) is 30.4 Å². The summed E-state index contributed by atoms with van der Waals surface area (Å²) < 4.78 is 14.7. The Bertz CT molecular complexity index is 1240. The Morgan fingerprint density at radius 3 is 2.56 bits per heavy atom. The average Bonchev–Trinajstić information content (AvgIpc) is 3.49. The summed E-state index contributed by atoms with van der Waals surface area (Å²) in [7, 11) is 3.39. The number of carbonyl (C=O) groups excluding carboxylic acids is 1. The van der Waals surface area contributed by atoms with Crippen molar-refractivity contribution in [1.82, 2.24) is 19.2 Å². The van der Waals surface area contributed by atoms with E-state index in [1.807, 2.05) is 41.8 Å². The zero-order valence-electron chi connectivity index (χ0n) is 18.4. The molecule has 0 N–H and O–H groups in total. The monoisotopic (exact) mass is 434 g/mol. The largest absolute Gasteiger partial charge is 0.497 e. The highest BCUT2D eigenvalue weighted by atomic mass is 16.5. The van der Waals surface area contributed by atoms with E-state index in [1.165, 1.54) is 0 Å². The predicted molar refractivity (Wildman–Crippen MR) is 119 cm³/mol. The van der Waals surface area contributed by atoms with Gasteiger partial charge >= 0.3 is 0 Å². The van der Waals surface area contributed by atoms with Gasteiger partial charge in [0.25, 0.3) is 11.5 Å². The summed E-state index contributed by atoms with van der Waals surface area (Å²) in [6, 6.07) is 13.2. The number of pyridine rings is 1. The Hall–Kier alpha value is -3.55. The number of aryl methyl sites for hydroxylation is 2. The molecule has 3 aromatic rings. The van der Waals surface area contributed by atoms with E-state index in [0.717, 1.165) is 35.5 Å². The van der Waals surface area contributed by atoms with Crippen LogP contribution in [0, 0.1) is 6.92 Å². The molecule has 32 heavy (non-hydrogen) atoms. The zero-order chi connectivity index (χ0) is 22.4. The number of benzene rings is 1. The van der Waals surface area contributed by atoms with Crippen LogP contribution in [0.4, 0.5) is 0 Å². The van der Waals surface area contributed by atoms with Crippen LogP contribution in [0.25, 0.3) is 11.3 Å².